The lowest BCUT2D eigenvalue weighted by molar-refractivity contribution is -0.126. The van der Waals surface area contributed by atoms with Crippen LogP contribution in [0.4, 0.5) is 0 Å². The highest BCUT2D eigenvalue weighted by Gasteiger charge is 2.35. The van der Waals surface area contributed by atoms with Gasteiger partial charge in [0.25, 0.3) is 0 Å². The number of nitrogens with zero attached hydrogens (tertiary/aromatic N) is 1. The summed E-state index contributed by atoms with van der Waals surface area (Å²) in [5.74, 6) is 2.12. The molecule has 1 aliphatic heterocycles. The Morgan fingerprint density at radius 3 is 1.88 bits per heavy atom. The number of ketones is 1. The molecule has 0 spiro atoms. The zero-order valence-corrected chi connectivity index (χ0v) is 19.5. The molecule has 0 amide bonds. The minimum atomic E-state index is -0.106. The highest BCUT2D eigenvalue weighted by atomic mass is 16.5. The first-order valence-electron chi connectivity index (χ1n) is 11.3. The number of likely N-dealkylation sites (tertiary alicyclic amines) is 1. The van der Waals surface area contributed by atoms with Gasteiger partial charge in [0, 0.05) is 37.9 Å². The highest BCUT2D eigenvalue weighted by Crippen LogP contribution is 2.39. The van der Waals surface area contributed by atoms with Crippen molar-refractivity contribution in [1.82, 2.24) is 4.90 Å². The number of hydrogen-bond acceptors (Lipinski definition) is 5. The van der Waals surface area contributed by atoms with Crippen LogP contribution in [0.5, 0.6) is 17.2 Å². The molecular weight excluding hydrogens is 414 g/mol. The molecule has 33 heavy (non-hydrogen) atoms. The zero-order valence-electron chi connectivity index (χ0n) is 19.5. The first kappa shape index (κ1) is 22.9. The molecule has 0 aromatic heterocycles. The zero-order chi connectivity index (χ0) is 23.2. The smallest absolute Gasteiger partial charge is 0.203 e. The third kappa shape index (κ3) is 5.04. The van der Waals surface area contributed by atoms with Crippen LogP contribution in [-0.4, -0.2) is 45.1 Å². The van der Waals surface area contributed by atoms with E-state index in [1.165, 1.54) is 11.1 Å². The van der Waals surface area contributed by atoms with Gasteiger partial charge >= 0.3 is 0 Å². The van der Waals surface area contributed by atoms with Crippen LogP contribution in [0.15, 0.2) is 72.8 Å². The van der Waals surface area contributed by atoms with Crippen molar-refractivity contribution in [2.24, 2.45) is 5.92 Å². The fourth-order valence-electron chi connectivity index (χ4n) is 4.82. The number of carbonyl (C=O) groups is 1. The maximum absolute atomic E-state index is 13.2. The van der Waals surface area contributed by atoms with Crippen molar-refractivity contribution in [2.75, 3.05) is 34.4 Å². The molecule has 1 atom stereocenters. The van der Waals surface area contributed by atoms with E-state index in [-0.39, 0.29) is 11.8 Å². The van der Waals surface area contributed by atoms with Gasteiger partial charge < -0.3 is 14.2 Å². The van der Waals surface area contributed by atoms with Gasteiger partial charge in [-0.05, 0) is 28.8 Å². The Morgan fingerprint density at radius 2 is 1.39 bits per heavy atom. The molecular formula is C28H31NO4. The molecule has 1 aliphatic rings. The van der Waals surface area contributed by atoms with Crippen LogP contribution in [0, 0.1) is 5.92 Å². The van der Waals surface area contributed by atoms with Crippen LogP contribution < -0.4 is 14.2 Å². The van der Waals surface area contributed by atoms with Crippen molar-refractivity contribution in [3.63, 3.8) is 0 Å². The molecule has 0 bridgehead atoms. The minimum Gasteiger partial charge on any atom is -0.493 e. The van der Waals surface area contributed by atoms with E-state index in [0.29, 0.717) is 42.5 Å². The van der Waals surface area contributed by atoms with Gasteiger partial charge in [0.05, 0.1) is 21.3 Å². The van der Waals surface area contributed by atoms with E-state index in [0.717, 1.165) is 12.1 Å². The standard InChI is InChI=1S/C28H31NO4/c1-31-25-16-20(17-26(32-2)28(25)33-3)18-29-15-14-24(30)23(19-29)27(21-10-6-4-7-11-21)22-12-8-5-9-13-22/h4-13,16-17,23,27H,14-15,18-19H2,1-3H3. The summed E-state index contributed by atoms with van der Waals surface area (Å²) in [7, 11) is 4.86. The van der Waals surface area contributed by atoms with Crippen molar-refractivity contribution >= 4 is 5.78 Å². The van der Waals surface area contributed by atoms with Gasteiger partial charge in [-0.25, -0.2) is 0 Å². The molecule has 1 saturated heterocycles. The number of rotatable bonds is 8. The lowest BCUT2D eigenvalue weighted by Crippen LogP contribution is -2.43. The summed E-state index contributed by atoms with van der Waals surface area (Å²) in [5, 5.41) is 0. The van der Waals surface area contributed by atoms with E-state index in [1.807, 2.05) is 48.5 Å². The van der Waals surface area contributed by atoms with Gasteiger partial charge in [0.2, 0.25) is 5.75 Å². The van der Waals surface area contributed by atoms with Crippen LogP contribution in [0.25, 0.3) is 0 Å². The number of ether oxygens (including phenoxy) is 3. The molecule has 1 heterocycles. The molecule has 5 nitrogen and oxygen atoms in total. The van der Waals surface area contributed by atoms with Gasteiger partial charge in [-0.2, -0.15) is 0 Å². The molecule has 4 rings (SSSR count). The average Bonchev–Trinajstić information content (AvgIpc) is 2.86. The van der Waals surface area contributed by atoms with Gasteiger partial charge in [-0.1, -0.05) is 60.7 Å². The predicted octanol–water partition coefficient (Wildman–Crippen LogP) is 4.94. The van der Waals surface area contributed by atoms with Gasteiger partial charge in [0.1, 0.15) is 5.78 Å². The lowest BCUT2D eigenvalue weighted by atomic mass is 9.76. The number of piperidine rings is 1. The molecule has 3 aromatic carbocycles. The summed E-state index contributed by atoms with van der Waals surface area (Å²) in [6.07, 6.45) is 0.547. The Kier molecular flexibility index (Phi) is 7.30. The van der Waals surface area contributed by atoms with Gasteiger partial charge in [-0.15, -0.1) is 0 Å². The van der Waals surface area contributed by atoms with Crippen LogP contribution in [0.1, 0.15) is 29.0 Å². The largest absolute Gasteiger partial charge is 0.493 e. The molecule has 0 radical (unpaired) electrons. The summed E-state index contributed by atoms with van der Waals surface area (Å²) in [5.41, 5.74) is 3.42. The van der Waals surface area contributed by atoms with Gasteiger partial charge in [0.15, 0.2) is 11.5 Å². The van der Waals surface area contributed by atoms with Crippen molar-refractivity contribution < 1.29 is 19.0 Å². The van der Waals surface area contributed by atoms with E-state index in [4.69, 9.17) is 14.2 Å². The Bertz CT molecular complexity index is 1000. The van der Waals surface area contributed by atoms with Crippen LogP contribution in [0.3, 0.4) is 0 Å². The number of carbonyl (C=O) groups excluding carboxylic acids is 1. The second kappa shape index (κ2) is 10.5. The molecule has 0 N–H and O–H groups in total. The second-order valence-electron chi connectivity index (χ2n) is 8.39. The van der Waals surface area contributed by atoms with E-state index in [1.54, 1.807) is 21.3 Å². The Morgan fingerprint density at radius 1 is 0.848 bits per heavy atom. The number of methoxy groups -OCH3 is 3. The number of Topliss-reactive ketones (excluding diaryl/α,β-unsaturated/α-hetero) is 1. The summed E-state index contributed by atoms with van der Waals surface area (Å²) in [6.45, 7) is 2.14. The summed E-state index contributed by atoms with van der Waals surface area (Å²) >= 11 is 0. The summed E-state index contributed by atoms with van der Waals surface area (Å²) in [6, 6.07) is 24.7. The van der Waals surface area contributed by atoms with E-state index >= 15 is 0 Å². The third-order valence-electron chi connectivity index (χ3n) is 6.39. The molecule has 1 unspecified atom stereocenters. The molecule has 0 aliphatic carbocycles. The average molecular weight is 446 g/mol. The highest BCUT2D eigenvalue weighted by molar-refractivity contribution is 5.83. The maximum atomic E-state index is 13.2. The van der Waals surface area contributed by atoms with Crippen molar-refractivity contribution in [3.8, 4) is 17.2 Å². The van der Waals surface area contributed by atoms with Gasteiger partial charge in [-0.3, -0.25) is 9.69 Å². The third-order valence-corrected chi connectivity index (χ3v) is 6.39. The quantitative estimate of drug-likeness (QED) is 0.492. The maximum Gasteiger partial charge on any atom is 0.203 e. The topological polar surface area (TPSA) is 48.0 Å². The molecule has 1 fully saturated rings. The molecule has 5 heteroatoms. The molecule has 0 saturated carbocycles. The van der Waals surface area contributed by atoms with E-state index in [9.17, 15) is 4.79 Å². The van der Waals surface area contributed by atoms with Crippen molar-refractivity contribution in [2.45, 2.75) is 18.9 Å². The van der Waals surface area contributed by atoms with Crippen LogP contribution in [-0.2, 0) is 11.3 Å². The Balaban J connectivity index is 1.62. The number of hydrogen-bond donors (Lipinski definition) is 0. The van der Waals surface area contributed by atoms with Crippen LogP contribution >= 0.6 is 0 Å². The minimum absolute atomic E-state index is 0.0302. The summed E-state index contributed by atoms with van der Waals surface area (Å²) < 4.78 is 16.5. The molecule has 172 valence electrons. The normalized spacial score (nSPS) is 16.6. The summed E-state index contributed by atoms with van der Waals surface area (Å²) in [4.78, 5) is 15.5. The first-order valence-corrected chi connectivity index (χ1v) is 11.3. The fourth-order valence-corrected chi connectivity index (χ4v) is 4.82. The van der Waals surface area contributed by atoms with E-state index < -0.39 is 0 Å². The fraction of sp³-hybridized carbons (Fsp3) is 0.321. The first-order chi connectivity index (χ1) is 16.1. The predicted molar refractivity (Wildman–Crippen MR) is 129 cm³/mol. The lowest BCUT2D eigenvalue weighted by Gasteiger charge is -2.36. The van der Waals surface area contributed by atoms with E-state index in [2.05, 4.69) is 29.2 Å². The van der Waals surface area contributed by atoms with Crippen molar-refractivity contribution in [1.29, 1.82) is 0 Å². The second-order valence-corrected chi connectivity index (χ2v) is 8.39. The number of benzene rings is 3. The monoisotopic (exact) mass is 445 g/mol. The Hall–Kier alpha value is -3.31. The SMILES string of the molecule is COc1cc(CN2CCC(=O)C(C(c3ccccc3)c3ccccc3)C2)cc(OC)c1OC. The van der Waals surface area contributed by atoms with Crippen LogP contribution in [0.2, 0.25) is 0 Å². The Labute approximate surface area is 195 Å². The van der Waals surface area contributed by atoms with Crippen molar-refractivity contribution in [3.05, 3.63) is 89.5 Å². The molecule has 3 aromatic rings.